The highest BCUT2D eigenvalue weighted by molar-refractivity contribution is 9.10. The number of carbonyl (C=O) groups is 1. The Balaban J connectivity index is 2.06. The summed E-state index contributed by atoms with van der Waals surface area (Å²) in [5, 5.41) is 3.25. The van der Waals surface area contributed by atoms with Crippen LogP contribution in [0.15, 0.2) is 56.5 Å². The molecule has 1 aromatic heterocycles. The van der Waals surface area contributed by atoms with E-state index in [1.807, 2.05) is 32.9 Å². The van der Waals surface area contributed by atoms with Gasteiger partial charge >= 0.3 is 5.69 Å². The van der Waals surface area contributed by atoms with Crippen LogP contribution in [0.2, 0.25) is 0 Å². The van der Waals surface area contributed by atoms with Gasteiger partial charge in [0.15, 0.2) is 0 Å². The third kappa shape index (κ3) is 3.80. The van der Waals surface area contributed by atoms with Crippen molar-refractivity contribution in [2.45, 2.75) is 39.8 Å². The molecule has 146 valence electrons. The highest BCUT2D eigenvalue weighted by Gasteiger charge is 2.18. The van der Waals surface area contributed by atoms with Crippen molar-refractivity contribution >= 4 is 38.4 Å². The summed E-state index contributed by atoms with van der Waals surface area (Å²) >= 11 is 3.44. The quantitative estimate of drug-likeness (QED) is 0.650. The number of aromatic nitrogens is 2. The SMILES string of the molecule is CC[C@@H](C)n1c(=O)c2ccccc2n(CC(=O)Nc2ccc(C)cc2Br)c1=O. The second kappa shape index (κ2) is 8.14. The van der Waals surface area contributed by atoms with Crippen LogP contribution in [0.4, 0.5) is 5.69 Å². The van der Waals surface area contributed by atoms with Gasteiger partial charge in [-0.15, -0.1) is 0 Å². The molecule has 0 bridgehead atoms. The number of halogens is 1. The van der Waals surface area contributed by atoms with Gasteiger partial charge in [0.2, 0.25) is 5.91 Å². The molecule has 0 aliphatic carbocycles. The number of hydrogen-bond donors (Lipinski definition) is 1. The van der Waals surface area contributed by atoms with Crippen molar-refractivity contribution in [1.29, 1.82) is 0 Å². The van der Waals surface area contributed by atoms with E-state index in [1.165, 1.54) is 9.13 Å². The van der Waals surface area contributed by atoms with Gasteiger partial charge in [0, 0.05) is 10.5 Å². The van der Waals surface area contributed by atoms with Gasteiger partial charge in [-0.2, -0.15) is 0 Å². The van der Waals surface area contributed by atoms with Gasteiger partial charge in [-0.3, -0.25) is 18.7 Å². The van der Waals surface area contributed by atoms with Crippen molar-refractivity contribution in [3.05, 3.63) is 73.3 Å². The van der Waals surface area contributed by atoms with Crippen LogP contribution in [0.3, 0.4) is 0 Å². The lowest BCUT2D eigenvalue weighted by Gasteiger charge is -2.17. The fourth-order valence-electron chi connectivity index (χ4n) is 3.12. The maximum atomic E-state index is 13.0. The summed E-state index contributed by atoms with van der Waals surface area (Å²) in [5.74, 6) is -0.342. The highest BCUT2D eigenvalue weighted by Crippen LogP contribution is 2.23. The molecule has 0 saturated carbocycles. The molecule has 1 N–H and O–H groups in total. The van der Waals surface area contributed by atoms with E-state index in [2.05, 4.69) is 21.2 Å². The summed E-state index contributed by atoms with van der Waals surface area (Å²) in [6, 6.07) is 12.2. The Hall–Kier alpha value is -2.67. The molecule has 1 heterocycles. The van der Waals surface area contributed by atoms with Crippen molar-refractivity contribution in [3.8, 4) is 0 Å². The monoisotopic (exact) mass is 443 g/mol. The first-order chi connectivity index (χ1) is 13.3. The average Bonchev–Trinajstić information content (AvgIpc) is 2.67. The van der Waals surface area contributed by atoms with Crippen LogP contribution in [0.1, 0.15) is 31.9 Å². The molecule has 6 nitrogen and oxygen atoms in total. The lowest BCUT2D eigenvalue weighted by Crippen LogP contribution is -2.43. The first-order valence-corrected chi connectivity index (χ1v) is 9.92. The molecule has 2 aromatic carbocycles. The Morgan fingerprint density at radius 1 is 1.18 bits per heavy atom. The minimum absolute atomic E-state index is 0.184. The number of amides is 1. The maximum Gasteiger partial charge on any atom is 0.332 e. The molecule has 0 saturated heterocycles. The van der Waals surface area contributed by atoms with Crippen LogP contribution < -0.4 is 16.6 Å². The minimum Gasteiger partial charge on any atom is -0.324 e. The predicted molar refractivity (Wildman–Crippen MR) is 115 cm³/mol. The Labute approximate surface area is 170 Å². The van der Waals surface area contributed by atoms with Gasteiger partial charge in [0.1, 0.15) is 6.54 Å². The molecule has 1 atom stereocenters. The number of aryl methyl sites for hydroxylation is 1. The molecule has 7 heteroatoms. The summed E-state index contributed by atoms with van der Waals surface area (Å²) in [4.78, 5) is 38.5. The summed E-state index contributed by atoms with van der Waals surface area (Å²) in [7, 11) is 0. The van der Waals surface area contributed by atoms with Crippen molar-refractivity contribution in [1.82, 2.24) is 9.13 Å². The summed E-state index contributed by atoms with van der Waals surface area (Å²) < 4.78 is 3.36. The van der Waals surface area contributed by atoms with Gasteiger partial charge in [-0.1, -0.05) is 25.1 Å². The van der Waals surface area contributed by atoms with Crippen molar-refractivity contribution in [2.75, 3.05) is 5.32 Å². The molecule has 0 aliphatic rings. The second-order valence-corrected chi connectivity index (χ2v) is 7.70. The van der Waals surface area contributed by atoms with E-state index in [9.17, 15) is 14.4 Å². The summed E-state index contributed by atoms with van der Waals surface area (Å²) in [6.45, 7) is 5.51. The van der Waals surface area contributed by atoms with E-state index >= 15 is 0 Å². The third-order valence-electron chi connectivity index (χ3n) is 4.81. The number of benzene rings is 2. The predicted octanol–water partition coefficient (Wildman–Crippen LogP) is 3.84. The topological polar surface area (TPSA) is 73.1 Å². The number of anilines is 1. The van der Waals surface area contributed by atoms with E-state index in [1.54, 1.807) is 30.3 Å². The fourth-order valence-corrected chi connectivity index (χ4v) is 3.71. The van der Waals surface area contributed by atoms with Gasteiger partial charge in [-0.05, 0) is 66.0 Å². The zero-order valence-corrected chi connectivity index (χ0v) is 17.6. The van der Waals surface area contributed by atoms with Gasteiger partial charge < -0.3 is 5.32 Å². The van der Waals surface area contributed by atoms with E-state index in [0.717, 1.165) is 10.0 Å². The van der Waals surface area contributed by atoms with Crippen LogP contribution in [-0.4, -0.2) is 15.0 Å². The van der Waals surface area contributed by atoms with Crippen molar-refractivity contribution in [3.63, 3.8) is 0 Å². The molecular weight excluding hydrogens is 422 g/mol. The van der Waals surface area contributed by atoms with Gasteiger partial charge in [0.25, 0.3) is 5.56 Å². The standard InChI is InChI=1S/C21H22BrN3O3/c1-4-14(3)25-20(27)15-7-5-6-8-18(15)24(21(25)28)12-19(26)23-17-10-9-13(2)11-16(17)22/h5-11,14H,4,12H2,1-3H3,(H,23,26)/t14-/m1/s1. The molecule has 0 unspecified atom stereocenters. The molecule has 0 radical (unpaired) electrons. The number of hydrogen-bond acceptors (Lipinski definition) is 3. The minimum atomic E-state index is -0.476. The zero-order chi connectivity index (χ0) is 20.4. The maximum absolute atomic E-state index is 13.0. The number of rotatable bonds is 5. The van der Waals surface area contributed by atoms with E-state index in [4.69, 9.17) is 0 Å². The van der Waals surface area contributed by atoms with E-state index in [0.29, 0.717) is 23.0 Å². The molecule has 0 aliphatic heterocycles. The number of nitrogens with zero attached hydrogens (tertiary/aromatic N) is 2. The van der Waals surface area contributed by atoms with E-state index in [-0.39, 0.29) is 24.1 Å². The van der Waals surface area contributed by atoms with Crippen LogP contribution in [0.5, 0.6) is 0 Å². The number of nitrogens with one attached hydrogen (secondary N) is 1. The molecule has 0 spiro atoms. The zero-order valence-electron chi connectivity index (χ0n) is 16.0. The number of para-hydroxylation sites is 1. The Morgan fingerprint density at radius 3 is 2.57 bits per heavy atom. The van der Waals surface area contributed by atoms with E-state index < -0.39 is 5.69 Å². The average molecular weight is 444 g/mol. The van der Waals surface area contributed by atoms with Crippen molar-refractivity contribution in [2.24, 2.45) is 0 Å². The van der Waals surface area contributed by atoms with Crippen LogP contribution >= 0.6 is 15.9 Å². The normalized spacial score (nSPS) is 12.1. The first kappa shape index (κ1) is 20.1. The van der Waals surface area contributed by atoms with Gasteiger partial charge in [0.05, 0.1) is 16.6 Å². The third-order valence-corrected chi connectivity index (χ3v) is 5.47. The molecule has 0 fully saturated rings. The lowest BCUT2D eigenvalue weighted by molar-refractivity contribution is -0.116. The summed E-state index contributed by atoms with van der Waals surface area (Å²) in [6.07, 6.45) is 0.635. The van der Waals surface area contributed by atoms with Crippen LogP contribution in [-0.2, 0) is 11.3 Å². The molecule has 3 rings (SSSR count). The Morgan fingerprint density at radius 2 is 1.89 bits per heavy atom. The fraction of sp³-hybridized carbons (Fsp3) is 0.286. The largest absolute Gasteiger partial charge is 0.332 e. The molecule has 3 aromatic rings. The molecule has 1 amide bonds. The molecule has 28 heavy (non-hydrogen) atoms. The molecular formula is C21H22BrN3O3. The highest BCUT2D eigenvalue weighted by atomic mass is 79.9. The second-order valence-electron chi connectivity index (χ2n) is 6.85. The lowest BCUT2D eigenvalue weighted by atomic mass is 10.2. The number of fused-ring (bicyclic) bond motifs is 1. The smallest absolute Gasteiger partial charge is 0.324 e. The first-order valence-electron chi connectivity index (χ1n) is 9.13. The van der Waals surface area contributed by atoms with Crippen LogP contribution in [0.25, 0.3) is 10.9 Å². The summed E-state index contributed by atoms with van der Waals surface area (Å²) in [5.41, 5.74) is 1.34. The van der Waals surface area contributed by atoms with Crippen molar-refractivity contribution < 1.29 is 4.79 Å². The number of carbonyl (C=O) groups excluding carboxylic acids is 1. The van der Waals surface area contributed by atoms with Gasteiger partial charge in [-0.25, -0.2) is 4.79 Å². The Bertz CT molecular complexity index is 1160. The Kier molecular flexibility index (Phi) is 5.84. The van der Waals surface area contributed by atoms with Crippen LogP contribution in [0, 0.1) is 6.92 Å².